The first kappa shape index (κ1) is 12.5. The molecule has 2 N–H and O–H groups in total. The van der Waals surface area contributed by atoms with E-state index in [1.165, 1.54) is 12.1 Å². The average Bonchev–Trinajstić information content (AvgIpc) is 2.29. The second kappa shape index (κ2) is 5.60. The molecule has 1 saturated heterocycles. The number of ether oxygens (including phenoxy) is 1. The fourth-order valence-corrected chi connectivity index (χ4v) is 3.22. The van der Waals surface area contributed by atoms with Crippen LogP contribution in [0.1, 0.15) is 19.3 Å². The number of hydrogen-bond donors (Lipinski definition) is 1. The van der Waals surface area contributed by atoms with Gasteiger partial charge in [-0.15, -0.1) is 0 Å². The monoisotopic (exact) mass is 257 g/mol. The number of anilines is 1. The molecule has 1 aromatic rings. The lowest BCUT2D eigenvalue weighted by atomic mass is 10.1. The van der Waals surface area contributed by atoms with E-state index in [4.69, 9.17) is 10.5 Å². The zero-order valence-corrected chi connectivity index (χ0v) is 10.3. The van der Waals surface area contributed by atoms with Gasteiger partial charge in [0.1, 0.15) is 5.82 Å². The van der Waals surface area contributed by atoms with Crippen molar-refractivity contribution in [3.05, 3.63) is 24.0 Å². The van der Waals surface area contributed by atoms with Gasteiger partial charge in [0.2, 0.25) is 0 Å². The van der Waals surface area contributed by atoms with Crippen molar-refractivity contribution in [2.75, 3.05) is 18.1 Å². The highest BCUT2D eigenvalue weighted by Crippen LogP contribution is 2.19. The molecule has 0 bridgehead atoms. The van der Waals surface area contributed by atoms with Crippen LogP contribution in [0.4, 0.5) is 10.1 Å². The Kier molecular flexibility index (Phi) is 4.12. The Balaban J connectivity index is 2.03. The van der Waals surface area contributed by atoms with E-state index in [9.17, 15) is 8.60 Å². The Morgan fingerprint density at radius 1 is 1.41 bits per heavy atom. The van der Waals surface area contributed by atoms with Crippen LogP contribution in [0, 0.1) is 5.82 Å². The van der Waals surface area contributed by atoms with Crippen LogP contribution in [0.15, 0.2) is 23.1 Å². The van der Waals surface area contributed by atoms with Crippen LogP contribution in [0.2, 0.25) is 0 Å². The Bertz CT molecular complexity index is 399. The van der Waals surface area contributed by atoms with Gasteiger partial charge in [0.25, 0.3) is 0 Å². The van der Waals surface area contributed by atoms with Gasteiger partial charge in [-0.3, -0.25) is 4.21 Å². The van der Waals surface area contributed by atoms with Gasteiger partial charge < -0.3 is 10.5 Å². The molecule has 3 nitrogen and oxygen atoms in total. The van der Waals surface area contributed by atoms with Crippen molar-refractivity contribution in [1.29, 1.82) is 0 Å². The normalized spacial score (nSPS) is 22.3. The van der Waals surface area contributed by atoms with Crippen molar-refractivity contribution >= 4 is 16.5 Å². The first-order valence-electron chi connectivity index (χ1n) is 5.71. The molecule has 2 unspecified atom stereocenters. The van der Waals surface area contributed by atoms with Gasteiger partial charge in [-0.25, -0.2) is 4.39 Å². The third kappa shape index (κ3) is 3.51. The Hall–Kier alpha value is -0.940. The van der Waals surface area contributed by atoms with E-state index in [1.54, 1.807) is 6.07 Å². The van der Waals surface area contributed by atoms with Crippen molar-refractivity contribution < 1.29 is 13.3 Å². The second-order valence-corrected chi connectivity index (χ2v) is 5.72. The molecule has 0 aliphatic carbocycles. The zero-order chi connectivity index (χ0) is 12.3. The minimum atomic E-state index is -1.25. The van der Waals surface area contributed by atoms with Crippen LogP contribution in [0.3, 0.4) is 0 Å². The first-order chi connectivity index (χ1) is 8.15. The van der Waals surface area contributed by atoms with E-state index >= 15 is 0 Å². The van der Waals surface area contributed by atoms with E-state index in [0.717, 1.165) is 25.9 Å². The standard InChI is InChI=1S/C12H16FNO2S/c13-9-5-10(14)7-12(6-9)17(15)8-11-3-1-2-4-16-11/h5-7,11H,1-4,8,14H2. The average molecular weight is 257 g/mol. The number of nitrogens with two attached hydrogens (primary N) is 1. The maximum absolute atomic E-state index is 13.1. The number of benzene rings is 1. The molecular weight excluding hydrogens is 241 g/mol. The molecule has 94 valence electrons. The molecule has 0 radical (unpaired) electrons. The van der Waals surface area contributed by atoms with E-state index in [2.05, 4.69) is 0 Å². The first-order valence-corrected chi connectivity index (χ1v) is 7.03. The summed E-state index contributed by atoms with van der Waals surface area (Å²) < 4.78 is 30.7. The van der Waals surface area contributed by atoms with Gasteiger partial charge in [-0.1, -0.05) is 0 Å². The summed E-state index contributed by atoms with van der Waals surface area (Å²) in [7, 11) is -1.25. The minimum Gasteiger partial charge on any atom is -0.399 e. The van der Waals surface area contributed by atoms with E-state index in [-0.39, 0.29) is 6.10 Å². The van der Waals surface area contributed by atoms with Crippen molar-refractivity contribution in [2.45, 2.75) is 30.3 Å². The maximum Gasteiger partial charge on any atom is 0.126 e. The highest BCUT2D eigenvalue weighted by molar-refractivity contribution is 7.85. The van der Waals surface area contributed by atoms with Crippen LogP contribution in [-0.2, 0) is 15.5 Å². The number of rotatable bonds is 3. The summed E-state index contributed by atoms with van der Waals surface area (Å²) in [5, 5.41) is 0. The van der Waals surface area contributed by atoms with E-state index < -0.39 is 16.6 Å². The molecule has 1 aliphatic heterocycles. The highest BCUT2D eigenvalue weighted by Gasteiger charge is 2.18. The predicted molar refractivity (Wildman–Crippen MR) is 65.7 cm³/mol. The summed E-state index contributed by atoms with van der Waals surface area (Å²) in [5.41, 5.74) is 5.83. The number of halogens is 1. The Labute approximate surface area is 103 Å². The summed E-state index contributed by atoms with van der Waals surface area (Å²) in [6.07, 6.45) is 3.12. The SMILES string of the molecule is Nc1cc(F)cc(S(=O)CC2CCCCO2)c1. The summed E-state index contributed by atoms with van der Waals surface area (Å²) in [5.74, 6) is -0.0268. The quantitative estimate of drug-likeness (QED) is 0.843. The summed E-state index contributed by atoms with van der Waals surface area (Å²) in [4.78, 5) is 0.441. The fourth-order valence-electron chi connectivity index (χ4n) is 1.92. The van der Waals surface area contributed by atoms with Gasteiger partial charge in [-0.05, 0) is 37.5 Å². The Morgan fingerprint density at radius 3 is 2.88 bits per heavy atom. The largest absolute Gasteiger partial charge is 0.399 e. The molecule has 1 heterocycles. The second-order valence-electron chi connectivity index (χ2n) is 4.22. The predicted octanol–water partition coefficient (Wildman–Crippen LogP) is 2.08. The van der Waals surface area contributed by atoms with Crippen LogP contribution in [-0.4, -0.2) is 22.7 Å². The number of hydrogen-bond acceptors (Lipinski definition) is 3. The number of nitrogen functional groups attached to an aromatic ring is 1. The lowest BCUT2D eigenvalue weighted by Gasteiger charge is -2.22. The van der Waals surface area contributed by atoms with Gasteiger partial charge >= 0.3 is 0 Å². The summed E-state index contributed by atoms with van der Waals surface area (Å²) in [6, 6.07) is 4.05. The van der Waals surface area contributed by atoms with Crippen LogP contribution < -0.4 is 5.73 Å². The van der Waals surface area contributed by atoms with Gasteiger partial charge in [0.05, 0.1) is 22.7 Å². The maximum atomic E-state index is 13.1. The molecule has 1 aromatic carbocycles. The molecular formula is C12H16FNO2S. The molecule has 17 heavy (non-hydrogen) atoms. The molecule has 0 saturated carbocycles. The molecule has 0 spiro atoms. The summed E-state index contributed by atoms with van der Waals surface area (Å²) >= 11 is 0. The van der Waals surface area contributed by atoms with E-state index in [0.29, 0.717) is 16.3 Å². The molecule has 2 rings (SSSR count). The lowest BCUT2D eigenvalue weighted by molar-refractivity contribution is 0.0310. The smallest absolute Gasteiger partial charge is 0.126 e. The molecule has 1 fully saturated rings. The Morgan fingerprint density at radius 2 is 2.24 bits per heavy atom. The molecule has 0 amide bonds. The van der Waals surface area contributed by atoms with E-state index in [1.807, 2.05) is 0 Å². The zero-order valence-electron chi connectivity index (χ0n) is 9.52. The molecule has 2 atom stereocenters. The van der Waals surface area contributed by atoms with Crippen LogP contribution in [0.25, 0.3) is 0 Å². The van der Waals surface area contributed by atoms with Gasteiger partial charge in [0, 0.05) is 17.2 Å². The third-order valence-corrected chi connectivity index (χ3v) is 4.20. The topological polar surface area (TPSA) is 52.3 Å². The third-order valence-electron chi connectivity index (χ3n) is 2.77. The van der Waals surface area contributed by atoms with Crippen molar-refractivity contribution in [1.82, 2.24) is 0 Å². The summed E-state index contributed by atoms with van der Waals surface area (Å²) in [6.45, 7) is 0.729. The van der Waals surface area contributed by atoms with Crippen LogP contribution >= 0.6 is 0 Å². The molecule has 1 aliphatic rings. The molecule has 5 heteroatoms. The molecule has 0 aromatic heterocycles. The van der Waals surface area contributed by atoms with Crippen molar-refractivity contribution in [3.8, 4) is 0 Å². The lowest BCUT2D eigenvalue weighted by Crippen LogP contribution is -2.25. The van der Waals surface area contributed by atoms with Crippen LogP contribution in [0.5, 0.6) is 0 Å². The van der Waals surface area contributed by atoms with Gasteiger partial charge in [-0.2, -0.15) is 0 Å². The fraction of sp³-hybridized carbons (Fsp3) is 0.500. The van der Waals surface area contributed by atoms with Gasteiger partial charge in [0.15, 0.2) is 0 Å². The minimum absolute atomic E-state index is 0.0223. The van der Waals surface area contributed by atoms with Crippen molar-refractivity contribution in [3.63, 3.8) is 0 Å². The van der Waals surface area contributed by atoms with Crippen molar-refractivity contribution in [2.24, 2.45) is 0 Å². The highest BCUT2D eigenvalue weighted by atomic mass is 32.2.